The number of benzene rings is 1. The Kier molecular flexibility index (Phi) is 2.09. The van der Waals surface area contributed by atoms with Crippen molar-refractivity contribution in [1.29, 1.82) is 0 Å². The van der Waals surface area contributed by atoms with E-state index < -0.39 is 0 Å². The third kappa shape index (κ3) is 1.41. The quantitative estimate of drug-likeness (QED) is 0.722. The predicted molar refractivity (Wildman–Crippen MR) is 60.2 cm³/mol. The number of ketones is 1. The van der Waals surface area contributed by atoms with E-state index >= 15 is 0 Å². The van der Waals surface area contributed by atoms with Crippen LogP contribution >= 0.6 is 15.9 Å². The second-order valence-electron chi connectivity index (χ2n) is 4.19. The van der Waals surface area contributed by atoms with Gasteiger partial charge >= 0.3 is 0 Å². The van der Waals surface area contributed by atoms with Crippen molar-refractivity contribution in [3.8, 4) is 5.75 Å². The van der Waals surface area contributed by atoms with Gasteiger partial charge in [0.1, 0.15) is 5.75 Å². The Morgan fingerprint density at radius 3 is 3.13 bits per heavy atom. The standard InChI is InChI=1S/C12H11BrO2/c13-7-4-5-11-9(6-7)8-2-1-3-10(14)12(8)15-11/h4-6,8,12H,1-3H2. The van der Waals surface area contributed by atoms with Gasteiger partial charge in [0.05, 0.1) is 0 Å². The van der Waals surface area contributed by atoms with E-state index in [1.54, 1.807) is 0 Å². The molecule has 78 valence electrons. The predicted octanol–water partition coefficient (Wildman–Crippen LogP) is 3.05. The van der Waals surface area contributed by atoms with Crippen molar-refractivity contribution in [3.63, 3.8) is 0 Å². The van der Waals surface area contributed by atoms with E-state index in [1.807, 2.05) is 12.1 Å². The van der Waals surface area contributed by atoms with Gasteiger partial charge in [-0.05, 0) is 31.0 Å². The fourth-order valence-corrected chi connectivity index (χ4v) is 2.91. The number of rotatable bonds is 0. The number of hydrogen-bond donors (Lipinski definition) is 0. The third-order valence-corrected chi connectivity index (χ3v) is 3.74. The third-order valence-electron chi connectivity index (χ3n) is 3.25. The van der Waals surface area contributed by atoms with Gasteiger partial charge in [-0.3, -0.25) is 4.79 Å². The van der Waals surface area contributed by atoms with Crippen LogP contribution in [0.2, 0.25) is 0 Å². The molecule has 0 N–H and O–H groups in total. The van der Waals surface area contributed by atoms with Crippen LogP contribution < -0.4 is 4.74 Å². The van der Waals surface area contributed by atoms with Crippen molar-refractivity contribution in [2.45, 2.75) is 31.3 Å². The zero-order valence-corrected chi connectivity index (χ0v) is 9.79. The lowest BCUT2D eigenvalue weighted by Gasteiger charge is -2.22. The topological polar surface area (TPSA) is 26.3 Å². The second-order valence-corrected chi connectivity index (χ2v) is 5.10. The number of carbonyl (C=O) groups excluding carboxylic acids is 1. The van der Waals surface area contributed by atoms with Gasteiger partial charge in [0.2, 0.25) is 0 Å². The summed E-state index contributed by atoms with van der Waals surface area (Å²) in [5.41, 5.74) is 1.20. The first-order valence-electron chi connectivity index (χ1n) is 5.24. The number of fused-ring (bicyclic) bond motifs is 3. The lowest BCUT2D eigenvalue weighted by Crippen LogP contribution is -2.32. The summed E-state index contributed by atoms with van der Waals surface area (Å²) in [7, 11) is 0. The molecule has 1 fully saturated rings. The van der Waals surface area contributed by atoms with Crippen molar-refractivity contribution in [1.82, 2.24) is 0 Å². The summed E-state index contributed by atoms with van der Waals surface area (Å²) in [6.45, 7) is 0. The van der Waals surface area contributed by atoms with Crippen LogP contribution in [0, 0.1) is 0 Å². The molecule has 2 nitrogen and oxygen atoms in total. The van der Waals surface area contributed by atoms with Crippen molar-refractivity contribution in [2.24, 2.45) is 0 Å². The zero-order valence-electron chi connectivity index (χ0n) is 8.20. The van der Waals surface area contributed by atoms with Crippen LogP contribution in [-0.4, -0.2) is 11.9 Å². The van der Waals surface area contributed by atoms with Crippen LogP contribution in [0.15, 0.2) is 22.7 Å². The highest BCUT2D eigenvalue weighted by molar-refractivity contribution is 9.10. The summed E-state index contributed by atoms with van der Waals surface area (Å²) >= 11 is 3.46. The summed E-state index contributed by atoms with van der Waals surface area (Å²) in [4.78, 5) is 11.7. The van der Waals surface area contributed by atoms with Crippen LogP contribution in [0.1, 0.15) is 30.7 Å². The monoisotopic (exact) mass is 266 g/mol. The molecule has 0 amide bonds. The van der Waals surface area contributed by atoms with E-state index in [0.717, 1.165) is 23.1 Å². The number of hydrogen-bond acceptors (Lipinski definition) is 2. The van der Waals surface area contributed by atoms with Gasteiger partial charge in [0.15, 0.2) is 11.9 Å². The smallest absolute Gasteiger partial charge is 0.173 e. The molecule has 3 rings (SSSR count). The van der Waals surface area contributed by atoms with Crippen molar-refractivity contribution in [2.75, 3.05) is 0 Å². The largest absolute Gasteiger partial charge is 0.482 e. The van der Waals surface area contributed by atoms with Gasteiger partial charge in [0.25, 0.3) is 0 Å². The number of ether oxygens (including phenoxy) is 1. The Balaban J connectivity index is 2.05. The number of carbonyl (C=O) groups is 1. The highest BCUT2D eigenvalue weighted by atomic mass is 79.9. The van der Waals surface area contributed by atoms with Gasteiger partial charge in [-0.25, -0.2) is 0 Å². The molecule has 1 aromatic rings. The van der Waals surface area contributed by atoms with E-state index in [1.165, 1.54) is 5.56 Å². The fourth-order valence-electron chi connectivity index (χ4n) is 2.53. The number of Topliss-reactive ketones (excluding diaryl/α,β-unsaturated/α-hetero) is 1. The molecule has 1 aromatic carbocycles. The summed E-state index contributed by atoms with van der Waals surface area (Å²) < 4.78 is 6.77. The number of halogens is 1. The minimum Gasteiger partial charge on any atom is -0.482 e. The molecule has 0 radical (unpaired) electrons. The fraction of sp³-hybridized carbons (Fsp3) is 0.417. The highest BCUT2D eigenvalue weighted by Crippen LogP contribution is 2.45. The molecule has 0 bridgehead atoms. The van der Waals surface area contributed by atoms with Crippen molar-refractivity contribution >= 4 is 21.7 Å². The minimum atomic E-state index is -0.206. The first-order valence-corrected chi connectivity index (χ1v) is 6.04. The molecule has 1 aliphatic heterocycles. The first kappa shape index (κ1) is 9.40. The maximum Gasteiger partial charge on any atom is 0.173 e. The normalized spacial score (nSPS) is 28.2. The first-order chi connectivity index (χ1) is 7.25. The maximum absolute atomic E-state index is 11.7. The van der Waals surface area contributed by atoms with Crippen molar-refractivity contribution < 1.29 is 9.53 Å². The second kappa shape index (κ2) is 3.34. The zero-order chi connectivity index (χ0) is 10.4. The molecule has 2 unspecified atom stereocenters. The lowest BCUT2D eigenvalue weighted by atomic mass is 9.82. The lowest BCUT2D eigenvalue weighted by molar-refractivity contribution is -0.127. The molecule has 2 aliphatic rings. The Labute approximate surface area is 96.8 Å². The van der Waals surface area contributed by atoms with Gasteiger partial charge in [-0.1, -0.05) is 15.9 Å². The molecule has 0 saturated heterocycles. The van der Waals surface area contributed by atoms with E-state index in [9.17, 15) is 4.79 Å². The van der Waals surface area contributed by atoms with Crippen LogP contribution in [0.5, 0.6) is 5.75 Å². The molecule has 1 saturated carbocycles. The average molecular weight is 267 g/mol. The average Bonchev–Trinajstić information content (AvgIpc) is 2.58. The molecule has 1 heterocycles. The minimum absolute atomic E-state index is 0.206. The molecule has 0 aromatic heterocycles. The Morgan fingerprint density at radius 1 is 1.40 bits per heavy atom. The van der Waals surface area contributed by atoms with Gasteiger partial charge in [-0.2, -0.15) is 0 Å². The van der Waals surface area contributed by atoms with Gasteiger partial charge in [0, 0.05) is 22.4 Å². The molecule has 3 heteroatoms. The highest BCUT2D eigenvalue weighted by Gasteiger charge is 2.41. The maximum atomic E-state index is 11.7. The van der Waals surface area contributed by atoms with E-state index in [-0.39, 0.29) is 11.9 Å². The van der Waals surface area contributed by atoms with Gasteiger partial charge in [-0.15, -0.1) is 0 Å². The molecular formula is C12H11BrO2. The molecule has 15 heavy (non-hydrogen) atoms. The van der Waals surface area contributed by atoms with Crippen LogP contribution in [-0.2, 0) is 4.79 Å². The summed E-state index contributed by atoms with van der Waals surface area (Å²) in [6.07, 6.45) is 2.54. The molecule has 1 aliphatic carbocycles. The van der Waals surface area contributed by atoms with E-state index in [2.05, 4.69) is 22.0 Å². The molecular weight excluding hydrogens is 256 g/mol. The molecule has 2 atom stereocenters. The Bertz CT molecular complexity index is 428. The Hall–Kier alpha value is -0.830. The summed E-state index contributed by atoms with van der Waals surface area (Å²) in [6, 6.07) is 5.99. The van der Waals surface area contributed by atoms with E-state index in [0.29, 0.717) is 12.3 Å². The SMILES string of the molecule is O=C1CCCC2c3cc(Br)ccc3OC12. The summed E-state index contributed by atoms with van der Waals surface area (Å²) in [5.74, 6) is 1.45. The van der Waals surface area contributed by atoms with Crippen LogP contribution in [0.3, 0.4) is 0 Å². The van der Waals surface area contributed by atoms with E-state index in [4.69, 9.17) is 4.74 Å². The summed E-state index contributed by atoms with van der Waals surface area (Å²) in [5, 5.41) is 0. The van der Waals surface area contributed by atoms with Crippen LogP contribution in [0.4, 0.5) is 0 Å². The van der Waals surface area contributed by atoms with Crippen LogP contribution in [0.25, 0.3) is 0 Å². The van der Waals surface area contributed by atoms with Gasteiger partial charge < -0.3 is 4.74 Å². The Morgan fingerprint density at radius 2 is 2.27 bits per heavy atom. The van der Waals surface area contributed by atoms with Crippen molar-refractivity contribution in [3.05, 3.63) is 28.2 Å². The molecule has 0 spiro atoms.